The molecular weight excluding hydrogens is 224 g/mol. The highest BCUT2D eigenvalue weighted by molar-refractivity contribution is 5.67. The van der Waals surface area contributed by atoms with Gasteiger partial charge in [0.2, 0.25) is 11.8 Å². The van der Waals surface area contributed by atoms with Crippen LogP contribution in [0.2, 0.25) is 0 Å². The van der Waals surface area contributed by atoms with Crippen molar-refractivity contribution in [2.24, 2.45) is 0 Å². The Labute approximate surface area is 100.0 Å². The number of aromatic nitrogens is 2. The molecule has 0 aliphatic rings. The quantitative estimate of drug-likeness (QED) is 0.664. The Balaban J connectivity index is 2.20. The van der Waals surface area contributed by atoms with Crippen molar-refractivity contribution in [3.8, 4) is 0 Å². The van der Waals surface area contributed by atoms with Crippen LogP contribution in [0.15, 0.2) is 4.42 Å². The highest BCUT2D eigenvalue weighted by atomic mass is 16.5. The molecule has 0 aliphatic carbocycles. The van der Waals surface area contributed by atoms with Gasteiger partial charge in [-0.25, -0.2) is 4.79 Å². The molecule has 0 saturated carbocycles. The van der Waals surface area contributed by atoms with E-state index in [-0.39, 0.29) is 13.2 Å². The number of aliphatic carboxylic acids is 1. The van der Waals surface area contributed by atoms with Gasteiger partial charge in [-0.15, -0.1) is 10.2 Å². The first kappa shape index (κ1) is 13.6. The second kappa shape index (κ2) is 7.78. The van der Waals surface area contributed by atoms with E-state index in [2.05, 4.69) is 17.1 Å². The van der Waals surface area contributed by atoms with Crippen LogP contribution in [0.1, 0.15) is 44.4 Å². The van der Waals surface area contributed by atoms with Crippen molar-refractivity contribution in [3.63, 3.8) is 0 Å². The highest BCUT2D eigenvalue weighted by Crippen LogP contribution is 2.07. The summed E-state index contributed by atoms with van der Waals surface area (Å²) in [5.41, 5.74) is 0. The monoisotopic (exact) mass is 242 g/mol. The van der Waals surface area contributed by atoms with Gasteiger partial charge in [-0.1, -0.05) is 26.2 Å². The molecule has 0 aliphatic heterocycles. The van der Waals surface area contributed by atoms with Crippen LogP contribution >= 0.6 is 0 Å². The molecular formula is C11H18N2O4. The minimum Gasteiger partial charge on any atom is -0.480 e. The van der Waals surface area contributed by atoms with Gasteiger partial charge in [0.1, 0.15) is 13.2 Å². The summed E-state index contributed by atoms with van der Waals surface area (Å²) in [7, 11) is 0. The third kappa shape index (κ3) is 6.01. The summed E-state index contributed by atoms with van der Waals surface area (Å²) in [5, 5.41) is 16.0. The molecule has 0 amide bonds. The highest BCUT2D eigenvalue weighted by Gasteiger charge is 2.06. The Morgan fingerprint density at radius 1 is 1.29 bits per heavy atom. The first-order chi connectivity index (χ1) is 8.22. The zero-order chi connectivity index (χ0) is 12.5. The molecule has 6 nitrogen and oxygen atoms in total. The fourth-order valence-electron chi connectivity index (χ4n) is 1.38. The lowest BCUT2D eigenvalue weighted by Crippen LogP contribution is -2.06. The molecule has 1 N–H and O–H groups in total. The van der Waals surface area contributed by atoms with Crippen molar-refractivity contribution in [2.45, 2.75) is 45.6 Å². The number of carboxylic acids is 1. The fourth-order valence-corrected chi connectivity index (χ4v) is 1.38. The van der Waals surface area contributed by atoms with Crippen LogP contribution in [0.4, 0.5) is 0 Å². The first-order valence-electron chi connectivity index (χ1n) is 5.83. The lowest BCUT2D eigenvalue weighted by molar-refractivity contribution is -0.142. The van der Waals surface area contributed by atoms with Crippen molar-refractivity contribution in [3.05, 3.63) is 11.8 Å². The number of unbranched alkanes of at least 4 members (excludes halogenated alkanes) is 3. The average molecular weight is 242 g/mol. The Hall–Kier alpha value is -1.43. The topological polar surface area (TPSA) is 85.5 Å². The zero-order valence-electron chi connectivity index (χ0n) is 10.0. The maximum absolute atomic E-state index is 10.2. The lowest BCUT2D eigenvalue weighted by Gasteiger charge is -1.96. The van der Waals surface area contributed by atoms with Crippen LogP contribution in [0, 0.1) is 0 Å². The molecule has 0 radical (unpaired) electrons. The summed E-state index contributed by atoms with van der Waals surface area (Å²) in [4.78, 5) is 10.2. The van der Waals surface area contributed by atoms with Crippen molar-refractivity contribution in [1.29, 1.82) is 0 Å². The maximum atomic E-state index is 10.2. The van der Waals surface area contributed by atoms with Gasteiger partial charge in [0.25, 0.3) is 0 Å². The lowest BCUT2D eigenvalue weighted by atomic mass is 10.1. The van der Waals surface area contributed by atoms with Gasteiger partial charge in [-0.3, -0.25) is 0 Å². The number of ether oxygens (including phenoxy) is 1. The normalized spacial score (nSPS) is 10.6. The molecule has 96 valence electrons. The number of rotatable bonds is 9. The van der Waals surface area contributed by atoms with E-state index in [9.17, 15) is 4.79 Å². The van der Waals surface area contributed by atoms with Gasteiger partial charge >= 0.3 is 5.97 Å². The van der Waals surface area contributed by atoms with E-state index in [4.69, 9.17) is 14.3 Å². The second-order valence-corrected chi connectivity index (χ2v) is 3.79. The molecule has 1 rings (SSSR count). The van der Waals surface area contributed by atoms with E-state index < -0.39 is 5.97 Å². The Morgan fingerprint density at radius 2 is 2.06 bits per heavy atom. The van der Waals surface area contributed by atoms with E-state index in [0.717, 1.165) is 19.3 Å². The van der Waals surface area contributed by atoms with Crippen LogP contribution < -0.4 is 0 Å². The molecule has 1 aromatic heterocycles. The smallest absolute Gasteiger partial charge is 0.329 e. The molecule has 0 spiro atoms. The van der Waals surface area contributed by atoms with Crippen molar-refractivity contribution in [2.75, 3.05) is 6.61 Å². The minimum atomic E-state index is -1.01. The van der Waals surface area contributed by atoms with Gasteiger partial charge in [0.15, 0.2) is 0 Å². The van der Waals surface area contributed by atoms with Gasteiger partial charge in [0.05, 0.1) is 0 Å². The zero-order valence-corrected chi connectivity index (χ0v) is 10.0. The van der Waals surface area contributed by atoms with E-state index in [0.29, 0.717) is 11.8 Å². The summed E-state index contributed by atoms with van der Waals surface area (Å²) in [5.74, 6) is -0.0870. The van der Waals surface area contributed by atoms with Crippen LogP contribution in [0.25, 0.3) is 0 Å². The van der Waals surface area contributed by atoms with Crippen LogP contribution in [-0.4, -0.2) is 27.9 Å². The predicted octanol–water partition coefficient (Wildman–Crippen LogP) is 1.79. The molecule has 17 heavy (non-hydrogen) atoms. The van der Waals surface area contributed by atoms with Crippen LogP contribution in [-0.2, 0) is 22.6 Å². The SMILES string of the molecule is CCCCCCc1nnc(COCC(=O)O)o1. The molecule has 0 fully saturated rings. The standard InChI is InChI=1S/C11H18N2O4/c1-2-3-4-5-6-9-12-13-10(17-9)7-16-8-11(14)15/h2-8H2,1H3,(H,14,15). The number of nitrogens with zero attached hydrogens (tertiary/aromatic N) is 2. The van der Waals surface area contributed by atoms with E-state index in [1.165, 1.54) is 12.8 Å². The maximum Gasteiger partial charge on any atom is 0.329 e. The predicted molar refractivity (Wildman–Crippen MR) is 59.4 cm³/mol. The second-order valence-electron chi connectivity index (χ2n) is 3.79. The molecule has 0 bridgehead atoms. The molecule has 1 heterocycles. The minimum absolute atomic E-state index is 0.0499. The first-order valence-corrected chi connectivity index (χ1v) is 5.83. The van der Waals surface area contributed by atoms with Crippen molar-refractivity contribution >= 4 is 5.97 Å². The van der Waals surface area contributed by atoms with Crippen molar-refractivity contribution in [1.82, 2.24) is 10.2 Å². The van der Waals surface area contributed by atoms with Crippen molar-refractivity contribution < 1.29 is 19.1 Å². The van der Waals surface area contributed by atoms with Gasteiger partial charge < -0.3 is 14.3 Å². The van der Waals surface area contributed by atoms with Gasteiger partial charge in [0, 0.05) is 6.42 Å². The number of carboxylic acid groups (broad SMARTS) is 1. The number of hydrogen-bond acceptors (Lipinski definition) is 5. The Kier molecular flexibility index (Phi) is 6.24. The van der Waals surface area contributed by atoms with E-state index in [1.54, 1.807) is 0 Å². The van der Waals surface area contributed by atoms with Crippen LogP contribution in [0.5, 0.6) is 0 Å². The Bertz CT molecular complexity index is 338. The molecule has 0 aromatic carbocycles. The van der Waals surface area contributed by atoms with E-state index in [1.807, 2.05) is 0 Å². The van der Waals surface area contributed by atoms with Gasteiger partial charge in [-0.2, -0.15) is 0 Å². The fraction of sp³-hybridized carbons (Fsp3) is 0.727. The number of carbonyl (C=O) groups is 1. The van der Waals surface area contributed by atoms with E-state index >= 15 is 0 Å². The number of aryl methyl sites for hydroxylation is 1. The summed E-state index contributed by atoms with van der Waals surface area (Å²) in [6, 6.07) is 0. The average Bonchev–Trinajstić information content (AvgIpc) is 2.72. The molecule has 0 saturated heterocycles. The summed E-state index contributed by atoms with van der Waals surface area (Å²) >= 11 is 0. The third-order valence-corrected chi connectivity index (χ3v) is 2.20. The summed E-state index contributed by atoms with van der Waals surface area (Å²) in [6.45, 7) is 1.85. The summed E-state index contributed by atoms with van der Waals surface area (Å²) in [6.07, 6.45) is 5.36. The number of hydrogen-bond donors (Lipinski definition) is 1. The van der Waals surface area contributed by atoms with Crippen LogP contribution in [0.3, 0.4) is 0 Å². The Morgan fingerprint density at radius 3 is 2.76 bits per heavy atom. The molecule has 1 aromatic rings. The summed E-state index contributed by atoms with van der Waals surface area (Å²) < 4.78 is 10.1. The largest absolute Gasteiger partial charge is 0.480 e. The molecule has 6 heteroatoms. The molecule has 0 atom stereocenters. The third-order valence-electron chi connectivity index (χ3n) is 2.20. The molecule has 0 unspecified atom stereocenters. The van der Waals surface area contributed by atoms with Gasteiger partial charge in [-0.05, 0) is 6.42 Å².